The van der Waals surface area contributed by atoms with Gasteiger partial charge in [0.25, 0.3) is 0 Å². The van der Waals surface area contributed by atoms with Crippen LogP contribution in [0.15, 0.2) is 36.4 Å². The van der Waals surface area contributed by atoms with Gasteiger partial charge in [0.05, 0.1) is 11.9 Å². The zero-order valence-corrected chi connectivity index (χ0v) is 17.9. The molecule has 0 radical (unpaired) electrons. The second-order valence-corrected chi connectivity index (χ2v) is 9.02. The molecule has 3 rings (SSSR count). The molecule has 1 aliphatic heterocycles. The third-order valence-corrected chi connectivity index (χ3v) is 6.16. The van der Waals surface area contributed by atoms with Gasteiger partial charge in [0.2, 0.25) is 22.7 Å². The van der Waals surface area contributed by atoms with E-state index in [9.17, 15) is 13.2 Å². The van der Waals surface area contributed by atoms with Crippen molar-refractivity contribution in [2.45, 2.75) is 39.8 Å². The van der Waals surface area contributed by atoms with E-state index in [1.165, 1.54) is 4.31 Å². The average Bonchev–Trinajstić information content (AvgIpc) is 3.13. The van der Waals surface area contributed by atoms with Gasteiger partial charge in [-0.05, 0) is 61.2 Å². The molecule has 1 N–H and O–H groups in total. The molecule has 2 aromatic carbocycles. The van der Waals surface area contributed by atoms with Crippen LogP contribution in [0.2, 0.25) is 0 Å². The van der Waals surface area contributed by atoms with Crippen LogP contribution in [-0.2, 0) is 21.4 Å². The van der Waals surface area contributed by atoms with E-state index in [-0.39, 0.29) is 19.2 Å². The summed E-state index contributed by atoms with van der Waals surface area (Å²) < 4.78 is 36.9. The number of nitrogens with zero attached hydrogens (tertiary/aromatic N) is 1. The minimum Gasteiger partial charge on any atom is -0.454 e. The second kappa shape index (κ2) is 8.32. The lowest BCUT2D eigenvalue weighted by Gasteiger charge is -2.30. The van der Waals surface area contributed by atoms with Gasteiger partial charge < -0.3 is 14.8 Å². The van der Waals surface area contributed by atoms with Crippen molar-refractivity contribution in [3.63, 3.8) is 0 Å². The van der Waals surface area contributed by atoms with Crippen LogP contribution in [0.1, 0.15) is 30.0 Å². The molecular formula is C21H26N2O5S. The van der Waals surface area contributed by atoms with Gasteiger partial charge in [-0.2, -0.15) is 0 Å². The Morgan fingerprint density at radius 2 is 1.83 bits per heavy atom. The van der Waals surface area contributed by atoms with E-state index in [0.717, 1.165) is 22.9 Å². The van der Waals surface area contributed by atoms with Gasteiger partial charge in [0.15, 0.2) is 11.5 Å². The number of hydrogen-bond donors (Lipinski definition) is 1. The number of rotatable bonds is 7. The number of hydrogen-bond acceptors (Lipinski definition) is 5. The number of carbonyl (C=O) groups excluding carboxylic acids is 1. The zero-order valence-electron chi connectivity index (χ0n) is 17.1. The minimum atomic E-state index is -3.66. The van der Waals surface area contributed by atoms with Gasteiger partial charge in [-0.3, -0.25) is 9.10 Å². The van der Waals surface area contributed by atoms with Crippen molar-refractivity contribution in [1.82, 2.24) is 5.32 Å². The Kier molecular flexibility index (Phi) is 6.02. The van der Waals surface area contributed by atoms with Crippen molar-refractivity contribution in [3.05, 3.63) is 53.1 Å². The fourth-order valence-electron chi connectivity index (χ4n) is 3.28. The third-order valence-electron chi connectivity index (χ3n) is 4.98. The van der Waals surface area contributed by atoms with Crippen molar-refractivity contribution in [2.24, 2.45) is 0 Å². The molecule has 0 saturated heterocycles. The molecule has 0 fully saturated rings. The number of fused-ring (bicyclic) bond motifs is 1. The van der Waals surface area contributed by atoms with Gasteiger partial charge in [-0.25, -0.2) is 8.42 Å². The third kappa shape index (κ3) is 4.64. The number of aryl methyl sites for hydroxylation is 2. The Balaban J connectivity index is 1.80. The Bertz CT molecular complexity index is 1020. The van der Waals surface area contributed by atoms with E-state index in [2.05, 4.69) is 5.32 Å². The molecule has 29 heavy (non-hydrogen) atoms. The van der Waals surface area contributed by atoms with Crippen LogP contribution in [0.3, 0.4) is 0 Å². The fraction of sp³-hybridized carbons (Fsp3) is 0.381. The highest BCUT2D eigenvalue weighted by atomic mass is 32.2. The van der Waals surface area contributed by atoms with Crippen molar-refractivity contribution >= 4 is 21.6 Å². The molecule has 156 valence electrons. The number of amides is 1. The topological polar surface area (TPSA) is 84.9 Å². The van der Waals surface area contributed by atoms with Crippen LogP contribution in [0.4, 0.5) is 5.69 Å². The zero-order chi connectivity index (χ0) is 21.2. The van der Waals surface area contributed by atoms with E-state index >= 15 is 0 Å². The van der Waals surface area contributed by atoms with Gasteiger partial charge in [0, 0.05) is 6.54 Å². The normalized spacial score (nSPS) is 13.8. The number of sulfonamides is 1. The Labute approximate surface area is 171 Å². The lowest BCUT2D eigenvalue weighted by molar-refractivity contribution is -0.122. The molecule has 0 bridgehead atoms. The Morgan fingerprint density at radius 3 is 2.48 bits per heavy atom. The first-order valence-corrected chi connectivity index (χ1v) is 11.3. The molecule has 0 unspecified atom stereocenters. The number of nitrogens with one attached hydrogen (secondary N) is 1. The highest BCUT2D eigenvalue weighted by molar-refractivity contribution is 7.92. The van der Waals surface area contributed by atoms with Gasteiger partial charge in [0.1, 0.15) is 6.04 Å². The largest absolute Gasteiger partial charge is 0.454 e. The first-order valence-electron chi connectivity index (χ1n) is 9.43. The number of ether oxygens (including phenoxy) is 2. The summed E-state index contributed by atoms with van der Waals surface area (Å²) in [4.78, 5) is 12.9. The Morgan fingerprint density at radius 1 is 1.10 bits per heavy atom. The molecule has 0 spiro atoms. The average molecular weight is 419 g/mol. The summed E-state index contributed by atoms with van der Waals surface area (Å²) in [7, 11) is -3.66. The monoisotopic (exact) mass is 418 g/mol. The fourth-order valence-corrected chi connectivity index (χ4v) is 4.48. The number of anilines is 1. The molecule has 7 nitrogen and oxygen atoms in total. The standard InChI is InChI=1S/C21H26N2O5S/c1-5-18(23(29(4,25)26)17-8-6-14(2)15(3)10-17)21(24)22-12-16-7-9-19-20(11-16)28-13-27-19/h6-11,18H,5,12-13H2,1-4H3,(H,22,24)/t18-/m1/s1. The molecule has 2 aromatic rings. The van der Waals surface area contributed by atoms with Crippen molar-refractivity contribution < 1.29 is 22.7 Å². The molecule has 8 heteroatoms. The number of carbonyl (C=O) groups is 1. The predicted molar refractivity (Wildman–Crippen MR) is 112 cm³/mol. The van der Waals surface area contributed by atoms with Crippen LogP contribution in [0.25, 0.3) is 0 Å². The molecule has 0 saturated carbocycles. The SMILES string of the molecule is CC[C@H](C(=O)NCc1ccc2c(c1)OCO2)N(c1ccc(C)c(C)c1)S(C)(=O)=O. The summed E-state index contributed by atoms with van der Waals surface area (Å²) in [5.41, 5.74) is 3.35. The van der Waals surface area contributed by atoms with E-state index in [1.54, 1.807) is 31.2 Å². The van der Waals surface area contributed by atoms with E-state index < -0.39 is 16.1 Å². The van der Waals surface area contributed by atoms with Crippen molar-refractivity contribution in [1.29, 1.82) is 0 Å². The molecule has 1 atom stereocenters. The highest BCUT2D eigenvalue weighted by Gasteiger charge is 2.31. The number of benzene rings is 2. The van der Waals surface area contributed by atoms with Gasteiger partial charge in [-0.1, -0.05) is 19.1 Å². The van der Waals surface area contributed by atoms with Crippen LogP contribution >= 0.6 is 0 Å². The predicted octanol–water partition coefficient (Wildman–Crippen LogP) is 2.89. The van der Waals surface area contributed by atoms with E-state index in [1.807, 2.05) is 26.0 Å². The minimum absolute atomic E-state index is 0.183. The van der Waals surface area contributed by atoms with Crippen molar-refractivity contribution in [2.75, 3.05) is 17.4 Å². The molecule has 1 heterocycles. The molecule has 1 amide bonds. The van der Waals surface area contributed by atoms with Crippen LogP contribution in [0.5, 0.6) is 11.5 Å². The van der Waals surface area contributed by atoms with Crippen LogP contribution in [-0.4, -0.2) is 33.4 Å². The van der Waals surface area contributed by atoms with Gasteiger partial charge >= 0.3 is 0 Å². The van der Waals surface area contributed by atoms with Crippen LogP contribution in [0, 0.1) is 13.8 Å². The second-order valence-electron chi connectivity index (χ2n) is 7.16. The van der Waals surface area contributed by atoms with Crippen molar-refractivity contribution in [3.8, 4) is 11.5 Å². The molecule has 1 aliphatic rings. The maximum absolute atomic E-state index is 12.9. The summed E-state index contributed by atoms with van der Waals surface area (Å²) in [6.45, 7) is 6.11. The van der Waals surface area contributed by atoms with E-state index in [4.69, 9.17) is 9.47 Å². The quantitative estimate of drug-likeness (QED) is 0.747. The lowest BCUT2D eigenvalue weighted by Crippen LogP contribution is -2.49. The highest BCUT2D eigenvalue weighted by Crippen LogP contribution is 2.32. The van der Waals surface area contributed by atoms with Crippen LogP contribution < -0.4 is 19.1 Å². The lowest BCUT2D eigenvalue weighted by atomic mass is 10.1. The molecular weight excluding hydrogens is 392 g/mol. The van der Waals surface area contributed by atoms with Gasteiger partial charge in [-0.15, -0.1) is 0 Å². The summed E-state index contributed by atoms with van der Waals surface area (Å²) in [5, 5.41) is 2.85. The maximum Gasteiger partial charge on any atom is 0.244 e. The first-order chi connectivity index (χ1) is 13.7. The Hall–Kier alpha value is -2.74. The first kappa shape index (κ1) is 21.0. The maximum atomic E-state index is 12.9. The summed E-state index contributed by atoms with van der Waals surface area (Å²) in [6, 6.07) is 9.98. The van der Waals surface area contributed by atoms with E-state index in [0.29, 0.717) is 23.6 Å². The molecule has 0 aliphatic carbocycles. The smallest absolute Gasteiger partial charge is 0.244 e. The summed E-state index contributed by atoms with van der Waals surface area (Å²) in [5.74, 6) is 0.954. The molecule has 0 aromatic heterocycles. The summed E-state index contributed by atoms with van der Waals surface area (Å²) in [6.07, 6.45) is 1.46. The summed E-state index contributed by atoms with van der Waals surface area (Å²) >= 11 is 0.